The van der Waals surface area contributed by atoms with Crippen molar-refractivity contribution >= 4 is 5.91 Å². The van der Waals surface area contributed by atoms with Gasteiger partial charge in [0.2, 0.25) is 5.91 Å². The van der Waals surface area contributed by atoms with E-state index >= 15 is 0 Å². The zero-order chi connectivity index (χ0) is 11.3. The zero-order valence-electron chi connectivity index (χ0n) is 10.1. The minimum atomic E-state index is 0.260. The third-order valence-electron chi connectivity index (χ3n) is 2.89. The van der Waals surface area contributed by atoms with Gasteiger partial charge in [0.1, 0.15) is 0 Å². The van der Waals surface area contributed by atoms with Gasteiger partial charge in [-0.3, -0.25) is 4.79 Å². The van der Waals surface area contributed by atoms with Crippen molar-refractivity contribution in [3.8, 4) is 0 Å². The minimum Gasteiger partial charge on any atom is -0.344 e. The molecule has 1 aliphatic rings. The molecule has 1 rings (SSSR count). The molecule has 1 heterocycles. The van der Waals surface area contributed by atoms with Crippen LogP contribution >= 0.6 is 0 Å². The fourth-order valence-corrected chi connectivity index (χ4v) is 1.77. The summed E-state index contributed by atoms with van der Waals surface area (Å²) in [5.74, 6) is 0.260. The Balaban J connectivity index is 2.20. The predicted octanol–water partition coefficient (Wildman–Crippen LogP) is 0.149. The smallest absolute Gasteiger partial charge is 0.223 e. The summed E-state index contributed by atoms with van der Waals surface area (Å²) in [6, 6.07) is 0.416. The lowest BCUT2D eigenvalue weighted by Gasteiger charge is -2.21. The molecular formula is C11H23N3O. The standard InChI is InChI=1S/C11H23N3O/c1-13(2)7-8-14(3)11(15)9-10-5-4-6-12-10/h10,12H,4-9H2,1-3H3. The maximum atomic E-state index is 11.8. The van der Waals surface area contributed by atoms with E-state index in [0.717, 1.165) is 26.1 Å². The van der Waals surface area contributed by atoms with Gasteiger partial charge in [-0.25, -0.2) is 0 Å². The minimum absolute atomic E-state index is 0.260. The molecular weight excluding hydrogens is 190 g/mol. The van der Waals surface area contributed by atoms with Crippen LogP contribution in [0.5, 0.6) is 0 Å². The third kappa shape index (κ3) is 4.62. The largest absolute Gasteiger partial charge is 0.344 e. The Morgan fingerprint density at radius 3 is 2.60 bits per heavy atom. The number of nitrogens with zero attached hydrogens (tertiary/aromatic N) is 2. The molecule has 0 aromatic carbocycles. The lowest BCUT2D eigenvalue weighted by molar-refractivity contribution is -0.130. The van der Waals surface area contributed by atoms with E-state index < -0.39 is 0 Å². The third-order valence-corrected chi connectivity index (χ3v) is 2.89. The van der Waals surface area contributed by atoms with Crippen LogP contribution in [0, 0.1) is 0 Å². The maximum Gasteiger partial charge on any atom is 0.223 e. The van der Waals surface area contributed by atoms with Crippen molar-refractivity contribution in [2.75, 3.05) is 40.8 Å². The number of carbonyl (C=O) groups excluding carboxylic acids is 1. The van der Waals surface area contributed by atoms with E-state index in [9.17, 15) is 4.79 Å². The van der Waals surface area contributed by atoms with Gasteiger partial charge in [0.05, 0.1) is 0 Å². The predicted molar refractivity (Wildman–Crippen MR) is 61.8 cm³/mol. The molecule has 1 saturated heterocycles. The summed E-state index contributed by atoms with van der Waals surface area (Å²) >= 11 is 0. The average Bonchev–Trinajstić information content (AvgIpc) is 2.66. The average molecular weight is 213 g/mol. The van der Waals surface area contributed by atoms with E-state index in [1.54, 1.807) is 0 Å². The van der Waals surface area contributed by atoms with Gasteiger partial charge in [-0.05, 0) is 33.5 Å². The quantitative estimate of drug-likeness (QED) is 0.706. The summed E-state index contributed by atoms with van der Waals surface area (Å²) in [6.45, 7) is 2.82. The van der Waals surface area contributed by atoms with Crippen molar-refractivity contribution < 1.29 is 4.79 Å². The molecule has 1 N–H and O–H groups in total. The molecule has 1 atom stereocenters. The molecule has 0 bridgehead atoms. The molecule has 0 aromatic rings. The molecule has 15 heavy (non-hydrogen) atoms. The van der Waals surface area contributed by atoms with Gasteiger partial charge in [0.25, 0.3) is 0 Å². The van der Waals surface area contributed by atoms with E-state index in [1.807, 2.05) is 26.0 Å². The first kappa shape index (κ1) is 12.5. The van der Waals surface area contributed by atoms with Gasteiger partial charge >= 0.3 is 0 Å². The van der Waals surface area contributed by atoms with Crippen LogP contribution < -0.4 is 5.32 Å². The second-order valence-corrected chi connectivity index (χ2v) is 4.62. The van der Waals surface area contributed by atoms with E-state index in [1.165, 1.54) is 6.42 Å². The van der Waals surface area contributed by atoms with Crippen molar-refractivity contribution in [2.24, 2.45) is 0 Å². The molecule has 88 valence electrons. The number of carbonyl (C=O) groups is 1. The van der Waals surface area contributed by atoms with Gasteiger partial charge in [-0.15, -0.1) is 0 Å². The van der Waals surface area contributed by atoms with Crippen LogP contribution in [-0.4, -0.2) is 62.5 Å². The summed E-state index contributed by atoms with van der Waals surface area (Å²) in [5.41, 5.74) is 0. The molecule has 0 aromatic heterocycles. The molecule has 1 fully saturated rings. The summed E-state index contributed by atoms with van der Waals surface area (Å²) in [6.07, 6.45) is 3.01. The summed E-state index contributed by atoms with van der Waals surface area (Å²) in [5, 5.41) is 3.35. The Morgan fingerprint density at radius 2 is 2.07 bits per heavy atom. The van der Waals surface area contributed by atoms with Crippen molar-refractivity contribution in [3.05, 3.63) is 0 Å². The van der Waals surface area contributed by atoms with Crippen molar-refractivity contribution in [1.82, 2.24) is 15.1 Å². The van der Waals surface area contributed by atoms with Gasteiger partial charge < -0.3 is 15.1 Å². The number of hydrogen-bond donors (Lipinski definition) is 1. The molecule has 1 unspecified atom stereocenters. The molecule has 0 radical (unpaired) electrons. The monoisotopic (exact) mass is 213 g/mol. The molecule has 0 spiro atoms. The van der Waals surface area contributed by atoms with Gasteiger partial charge in [0.15, 0.2) is 0 Å². The highest BCUT2D eigenvalue weighted by Gasteiger charge is 2.19. The van der Waals surface area contributed by atoms with Crippen molar-refractivity contribution in [2.45, 2.75) is 25.3 Å². The molecule has 0 aliphatic carbocycles. The van der Waals surface area contributed by atoms with Crippen LogP contribution in [0.3, 0.4) is 0 Å². The second kappa shape index (κ2) is 6.08. The molecule has 0 saturated carbocycles. The normalized spacial score (nSPS) is 20.9. The second-order valence-electron chi connectivity index (χ2n) is 4.62. The Labute approximate surface area is 92.6 Å². The lowest BCUT2D eigenvalue weighted by Crippen LogP contribution is -2.37. The topological polar surface area (TPSA) is 35.6 Å². The highest BCUT2D eigenvalue weighted by molar-refractivity contribution is 5.76. The first-order valence-corrected chi connectivity index (χ1v) is 5.71. The van der Waals surface area contributed by atoms with Crippen molar-refractivity contribution in [1.29, 1.82) is 0 Å². The van der Waals surface area contributed by atoms with E-state index in [2.05, 4.69) is 10.2 Å². The Bertz CT molecular complexity index is 200. The first-order chi connectivity index (χ1) is 7.09. The molecule has 4 heteroatoms. The Kier molecular flexibility index (Phi) is 5.05. The van der Waals surface area contributed by atoms with Gasteiger partial charge in [-0.2, -0.15) is 0 Å². The molecule has 4 nitrogen and oxygen atoms in total. The van der Waals surface area contributed by atoms with E-state index in [-0.39, 0.29) is 5.91 Å². The highest BCUT2D eigenvalue weighted by Crippen LogP contribution is 2.09. The van der Waals surface area contributed by atoms with Crippen LogP contribution in [-0.2, 0) is 4.79 Å². The number of rotatable bonds is 5. The van der Waals surface area contributed by atoms with Gasteiger partial charge in [0, 0.05) is 32.6 Å². The first-order valence-electron chi connectivity index (χ1n) is 5.71. The van der Waals surface area contributed by atoms with E-state index in [0.29, 0.717) is 12.5 Å². The highest BCUT2D eigenvalue weighted by atomic mass is 16.2. The summed E-state index contributed by atoms with van der Waals surface area (Å²) in [7, 11) is 5.94. The van der Waals surface area contributed by atoms with Crippen LogP contribution in [0.25, 0.3) is 0 Å². The molecule has 1 amide bonds. The Hall–Kier alpha value is -0.610. The van der Waals surface area contributed by atoms with E-state index in [4.69, 9.17) is 0 Å². The summed E-state index contributed by atoms with van der Waals surface area (Å²) < 4.78 is 0. The lowest BCUT2D eigenvalue weighted by atomic mass is 10.1. The summed E-state index contributed by atoms with van der Waals surface area (Å²) in [4.78, 5) is 15.7. The van der Waals surface area contributed by atoms with Crippen LogP contribution in [0.2, 0.25) is 0 Å². The van der Waals surface area contributed by atoms with Gasteiger partial charge in [-0.1, -0.05) is 0 Å². The number of amides is 1. The maximum absolute atomic E-state index is 11.8. The SMILES string of the molecule is CN(C)CCN(C)C(=O)CC1CCCN1. The zero-order valence-corrected chi connectivity index (χ0v) is 10.1. The Morgan fingerprint density at radius 1 is 1.33 bits per heavy atom. The van der Waals surface area contributed by atoms with Crippen LogP contribution in [0.1, 0.15) is 19.3 Å². The van der Waals surface area contributed by atoms with Crippen LogP contribution in [0.4, 0.5) is 0 Å². The fourth-order valence-electron chi connectivity index (χ4n) is 1.77. The number of hydrogen-bond acceptors (Lipinski definition) is 3. The fraction of sp³-hybridized carbons (Fsp3) is 0.909. The number of likely N-dealkylation sites (N-methyl/N-ethyl adjacent to an activating group) is 2. The van der Waals surface area contributed by atoms with Crippen molar-refractivity contribution in [3.63, 3.8) is 0 Å². The van der Waals surface area contributed by atoms with Crippen LogP contribution in [0.15, 0.2) is 0 Å². The molecule has 1 aliphatic heterocycles. The number of nitrogens with one attached hydrogen (secondary N) is 1.